The molecular formula is C17H24N2O3S. The molecule has 6 heteroatoms. The van der Waals surface area contributed by atoms with E-state index in [4.69, 9.17) is 0 Å². The molecule has 2 saturated carbocycles. The first-order chi connectivity index (χ1) is 10.8. The fourth-order valence-electron chi connectivity index (χ4n) is 3.94. The first-order valence-electron chi connectivity index (χ1n) is 8.11. The second-order valence-electron chi connectivity index (χ2n) is 6.99. The van der Waals surface area contributed by atoms with Crippen LogP contribution in [0.5, 0.6) is 0 Å². The van der Waals surface area contributed by atoms with E-state index in [0.29, 0.717) is 17.2 Å². The maximum atomic E-state index is 12.5. The molecule has 126 valence electrons. The molecule has 0 heterocycles. The summed E-state index contributed by atoms with van der Waals surface area (Å²) in [7, 11) is -1.84. The van der Waals surface area contributed by atoms with Gasteiger partial charge in [-0.15, -0.1) is 0 Å². The van der Waals surface area contributed by atoms with E-state index in [1.165, 1.54) is 30.6 Å². The average Bonchev–Trinajstić information content (AvgIpc) is 3.08. The van der Waals surface area contributed by atoms with E-state index in [2.05, 4.69) is 5.32 Å². The maximum Gasteiger partial charge on any atom is 0.251 e. The lowest BCUT2D eigenvalue weighted by Gasteiger charge is -2.24. The lowest BCUT2D eigenvalue weighted by atomic mass is 9.95. The quantitative estimate of drug-likeness (QED) is 0.917. The van der Waals surface area contributed by atoms with Gasteiger partial charge in [0.1, 0.15) is 0 Å². The number of sulfonamides is 1. The molecule has 0 aromatic heterocycles. The molecular weight excluding hydrogens is 312 g/mol. The molecule has 0 saturated heterocycles. The summed E-state index contributed by atoms with van der Waals surface area (Å²) in [5.41, 5.74) is 1.89. The first-order valence-corrected chi connectivity index (χ1v) is 9.96. The summed E-state index contributed by atoms with van der Waals surface area (Å²) in [6.07, 6.45) is 5.99. The summed E-state index contributed by atoms with van der Waals surface area (Å²) in [6, 6.07) is 5.50. The molecule has 2 bridgehead atoms. The van der Waals surface area contributed by atoms with Gasteiger partial charge in [-0.3, -0.25) is 9.10 Å². The fourth-order valence-corrected chi connectivity index (χ4v) is 4.50. The standard InChI is InChI=1S/C17H24N2O3S/c1-11-4-6-14(10-16(11)19(2)23(3,21)22)17(20)18-15-9-12-5-7-13(15)8-12/h4,6,10,12-13,15H,5,7-9H2,1-3H3,(H,18,20)/t12-,13-,15-/m1/s1. The Morgan fingerprint density at radius 3 is 2.57 bits per heavy atom. The van der Waals surface area contributed by atoms with Crippen molar-refractivity contribution in [2.45, 2.75) is 38.6 Å². The normalized spacial score (nSPS) is 26.3. The minimum Gasteiger partial charge on any atom is -0.349 e. The Morgan fingerprint density at radius 1 is 1.26 bits per heavy atom. The van der Waals surface area contributed by atoms with Gasteiger partial charge in [-0.2, -0.15) is 0 Å². The zero-order chi connectivity index (χ0) is 16.8. The van der Waals surface area contributed by atoms with E-state index < -0.39 is 10.0 Å². The number of carbonyl (C=O) groups is 1. The van der Waals surface area contributed by atoms with Gasteiger partial charge in [-0.1, -0.05) is 12.5 Å². The topological polar surface area (TPSA) is 66.5 Å². The molecule has 1 amide bonds. The summed E-state index contributed by atoms with van der Waals surface area (Å²) in [4.78, 5) is 12.5. The number of amides is 1. The third-order valence-electron chi connectivity index (χ3n) is 5.36. The van der Waals surface area contributed by atoms with Crippen LogP contribution in [0.25, 0.3) is 0 Å². The number of rotatable bonds is 4. The molecule has 3 atom stereocenters. The molecule has 0 aliphatic heterocycles. The predicted octanol–water partition coefficient (Wildman–Crippen LogP) is 2.31. The Kier molecular flexibility index (Phi) is 4.12. The lowest BCUT2D eigenvalue weighted by molar-refractivity contribution is 0.0923. The molecule has 1 aromatic carbocycles. The van der Waals surface area contributed by atoms with Gasteiger partial charge in [0.2, 0.25) is 10.0 Å². The molecule has 2 fully saturated rings. The van der Waals surface area contributed by atoms with E-state index in [1.54, 1.807) is 18.2 Å². The van der Waals surface area contributed by atoms with Crippen LogP contribution >= 0.6 is 0 Å². The van der Waals surface area contributed by atoms with E-state index >= 15 is 0 Å². The average molecular weight is 336 g/mol. The second-order valence-corrected chi connectivity index (χ2v) is 9.00. The van der Waals surface area contributed by atoms with Crippen LogP contribution in [0.15, 0.2) is 18.2 Å². The molecule has 2 aliphatic rings. The largest absolute Gasteiger partial charge is 0.349 e. The van der Waals surface area contributed by atoms with E-state index in [0.717, 1.165) is 24.2 Å². The van der Waals surface area contributed by atoms with Gasteiger partial charge >= 0.3 is 0 Å². The van der Waals surface area contributed by atoms with E-state index in [1.807, 2.05) is 6.92 Å². The van der Waals surface area contributed by atoms with Crippen molar-refractivity contribution in [3.8, 4) is 0 Å². The summed E-state index contributed by atoms with van der Waals surface area (Å²) in [6.45, 7) is 1.84. The molecule has 5 nitrogen and oxygen atoms in total. The number of hydrogen-bond acceptors (Lipinski definition) is 3. The van der Waals surface area contributed by atoms with Gasteiger partial charge < -0.3 is 5.32 Å². The van der Waals surface area contributed by atoms with Crippen LogP contribution < -0.4 is 9.62 Å². The number of hydrogen-bond donors (Lipinski definition) is 1. The number of aryl methyl sites for hydroxylation is 1. The smallest absolute Gasteiger partial charge is 0.251 e. The van der Waals surface area contributed by atoms with Gasteiger partial charge in [0, 0.05) is 18.7 Å². The highest BCUT2D eigenvalue weighted by Gasteiger charge is 2.40. The van der Waals surface area contributed by atoms with E-state index in [-0.39, 0.29) is 11.9 Å². The Hall–Kier alpha value is -1.56. The molecule has 23 heavy (non-hydrogen) atoms. The minimum atomic E-state index is -3.35. The van der Waals surface area contributed by atoms with Gasteiger partial charge in [0.15, 0.2) is 0 Å². The van der Waals surface area contributed by atoms with Crippen molar-refractivity contribution in [3.63, 3.8) is 0 Å². The second kappa shape index (κ2) is 5.82. The number of nitrogens with one attached hydrogen (secondary N) is 1. The van der Waals surface area contributed by atoms with Crippen LogP contribution in [0.1, 0.15) is 41.6 Å². The molecule has 0 radical (unpaired) electrons. The molecule has 1 N–H and O–H groups in total. The van der Waals surface area contributed by atoms with Gasteiger partial charge in [0.05, 0.1) is 11.9 Å². The Morgan fingerprint density at radius 2 is 2.00 bits per heavy atom. The third-order valence-corrected chi connectivity index (χ3v) is 6.55. The van der Waals surface area contributed by atoms with Crippen molar-refractivity contribution >= 4 is 21.6 Å². The van der Waals surface area contributed by atoms with Crippen molar-refractivity contribution in [1.82, 2.24) is 5.32 Å². The highest BCUT2D eigenvalue weighted by atomic mass is 32.2. The summed E-state index contributed by atoms with van der Waals surface area (Å²) >= 11 is 0. The van der Waals surface area contributed by atoms with Crippen LogP contribution in [0, 0.1) is 18.8 Å². The van der Waals surface area contributed by atoms with Crippen LogP contribution in [-0.2, 0) is 10.0 Å². The van der Waals surface area contributed by atoms with E-state index in [9.17, 15) is 13.2 Å². The Labute approximate surface area is 138 Å². The number of nitrogens with zero attached hydrogens (tertiary/aromatic N) is 1. The van der Waals surface area contributed by atoms with Crippen molar-refractivity contribution in [2.24, 2.45) is 11.8 Å². The molecule has 1 aromatic rings. The zero-order valence-electron chi connectivity index (χ0n) is 13.9. The van der Waals surface area contributed by atoms with Crippen LogP contribution in [-0.4, -0.2) is 33.7 Å². The number of fused-ring (bicyclic) bond motifs is 2. The monoisotopic (exact) mass is 336 g/mol. The molecule has 0 unspecified atom stereocenters. The van der Waals surface area contributed by atoms with Gasteiger partial charge in [-0.25, -0.2) is 8.42 Å². The summed E-state index contributed by atoms with van der Waals surface area (Å²) < 4.78 is 24.7. The summed E-state index contributed by atoms with van der Waals surface area (Å²) in [5.74, 6) is 1.29. The zero-order valence-corrected chi connectivity index (χ0v) is 14.7. The Bertz CT molecular complexity index is 729. The SMILES string of the molecule is Cc1ccc(C(=O)N[C@@H]2C[C@@H]3CC[C@@H]2C3)cc1N(C)S(C)(=O)=O. The van der Waals surface area contributed by atoms with Crippen LogP contribution in [0.4, 0.5) is 5.69 Å². The summed E-state index contributed by atoms with van der Waals surface area (Å²) in [5, 5.41) is 3.14. The molecule has 0 spiro atoms. The van der Waals surface area contributed by atoms with Gasteiger partial charge in [0.25, 0.3) is 5.91 Å². The Balaban J connectivity index is 1.79. The highest BCUT2D eigenvalue weighted by Crippen LogP contribution is 2.44. The number of anilines is 1. The fraction of sp³-hybridized carbons (Fsp3) is 0.588. The van der Waals surface area contributed by atoms with Crippen molar-refractivity contribution in [1.29, 1.82) is 0 Å². The predicted molar refractivity (Wildman–Crippen MR) is 91.1 cm³/mol. The number of benzene rings is 1. The highest BCUT2D eigenvalue weighted by molar-refractivity contribution is 7.92. The molecule has 3 rings (SSSR count). The first kappa shape index (κ1) is 16.3. The van der Waals surface area contributed by atoms with Gasteiger partial charge in [-0.05, 0) is 55.7 Å². The van der Waals surface area contributed by atoms with Crippen molar-refractivity contribution in [2.75, 3.05) is 17.6 Å². The van der Waals surface area contributed by atoms with Crippen molar-refractivity contribution in [3.05, 3.63) is 29.3 Å². The third kappa shape index (κ3) is 3.22. The van der Waals surface area contributed by atoms with Crippen LogP contribution in [0.2, 0.25) is 0 Å². The minimum absolute atomic E-state index is 0.106. The number of carbonyl (C=O) groups excluding carboxylic acids is 1. The van der Waals surface area contributed by atoms with Crippen molar-refractivity contribution < 1.29 is 13.2 Å². The van der Waals surface area contributed by atoms with Crippen LogP contribution in [0.3, 0.4) is 0 Å². The molecule has 2 aliphatic carbocycles. The lowest BCUT2D eigenvalue weighted by Crippen LogP contribution is -2.38. The maximum absolute atomic E-state index is 12.5.